The predicted molar refractivity (Wildman–Crippen MR) is 63.0 cm³/mol. The molecule has 3 atom stereocenters. The van der Waals surface area contributed by atoms with Crippen LogP contribution in [0.25, 0.3) is 0 Å². The quantitative estimate of drug-likeness (QED) is 0.808. The molecule has 0 radical (unpaired) electrons. The average Bonchev–Trinajstić information content (AvgIpc) is 2.60. The van der Waals surface area contributed by atoms with Gasteiger partial charge in [0, 0.05) is 11.1 Å². The zero-order chi connectivity index (χ0) is 12.6. The van der Waals surface area contributed by atoms with E-state index in [9.17, 15) is 8.78 Å². The van der Waals surface area contributed by atoms with E-state index in [2.05, 4.69) is 0 Å². The lowest BCUT2D eigenvalue weighted by Crippen LogP contribution is -2.33. The first-order chi connectivity index (χ1) is 7.99. The fraction of sp³-hybridized carbons (Fsp3) is 0.538. The zero-order valence-electron chi connectivity index (χ0n) is 10.0. The Morgan fingerprint density at radius 2 is 2.24 bits per heavy atom. The standard InChI is InChI=1S/C13H17F2NO/c1-8-12(6-14)17-7-13(8,2)10-5-9(16)3-4-11(10)15/h3-5,8,12H,6-7,16H2,1-2H3/t8-,12?,13-/m1/s1. The third-order valence-corrected chi connectivity index (χ3v) is 3.92. The van der Waals surface area contributed by atoms with Gasteiger partial charge in [-0.1, -0.05) is 13.8 Å². The van der Waals surface area contributed by atoms with E-state index in [1.165, 1.54) is 12.1 Å². The lowest BCUT2D eigenvalue weighted by Gasteiger charge is -2.29. The van der Waals surface area contributed by atoms with Gasteiger partial charge in [0.15, 0.2) is 0 Å². The van der Waals surface area contributed by atoms with E-state index < -0.39 is 18.2 Å². The Hall–Kier alpha value is -1.16. The van der Waals surface area contributed by atoms with Crippen LogP contribution in [0.3, 0.4) is 0 Å². The molecular weight excluding hydrogens is 224 g/mol. The number of alkyl halides is 1. The zero-order valence-corrected chi connectivity index (χ0v) is 10.0. The Morgan fingerprint density at radius 1 is 1.53 bits per heavy atom. The Balaban J connectivity index is 2.42. The number of hydrogen-bond acceptors (Lipinski definition) is 2. The summed E-state index contributed by atoms with van der Waals surface area (Å²) in [5, 5.41) is 0. The number of hydrogen-bond donors (Lipinski definition) is 1. The summed E-state index contributed by atoms with van der Waals surface area (Å²) in [5.74, 6) is -0.388. The molecule has 0 saturated carbocycles. The molecule has 17 heavy (non-hydrogen) atoms. The van der Waals surface area contributed by atoms with Crippen LogP contribution in [0.1, 0.15) is 19.4 Å². The normalized spacial score (nSPS) is 32.9. The van der Waals surface area contributed by atoms with Crippen molar-refractivity contribution in [1.82, 2.24) is 0 Å². The van der Waals surface area contributed by atoms with Crippen LogP contribution in [0.2, 0.25) is 0 Å². The molecule has 0 bridgehead atoms. The summed E-state index contributed by atoms with van der Waals surface area (Å²) in [4.78, 5) is 0. The third-order valence-electron chi connectivity index (χ3n) is 3.92. The Kier molecular flexibility index (Phi) is 3.08. The fourth-order valence-corrected chi connectivity index (χ4v) is 2.45. The van der Waals surface area contributed by atoms with Crippen LogP contribution in [-0.4, -0.2) is 19.4 Å². The second kappa shape index (κ2) is 4.26. The first-order valence-corrected chi connectivity index (χ1v) is 5.72. The maximum atomic E-state index is 13.9. The lowest BCUT2D eigenvalue weighted by molar-refractivity contribution is 0.0713. The molecule has 0 spiro atoms. The molecule has 0 amide bonds. The fourth-order valence-electron chi connectivity index (χ4n) is 2.45. The highest BCUT2D eigenvalue weighted by atomic mass is 19.1. The van der Waals surface area contributed by atoms with Gasteiger partial charge in [0.2, 0.25) is 0 Å². The van der Waals surface area contributed by atoms with Crippen molar-refractivity contribution in [3.8, 4) is 0 Å². The molecule has 0 aromatic heterocycles. The van der Waals surface area contributed by atoms with Gasteiger partial charge in [0.05, 0.1) is 12.7 Å². The van der Waals surface area contributed by atoms with Gasteiger partial charge in [0.1, 0.15) is 12.5 Å². The van der Waals surface area contributed by atoms with Crippen molar-refractivity contribution in [2.24, 2.45) is 5.92 Å². The van der Waals surface area contributed by atoms with E-state index >= 15 is 0 Å². The molecule has 1 fully saturated rings. The summed E-state index contributed by atoms with van der Waals surface area (Å²) < 4.78 is 32.0. The van der Waals surface area contributed by atoms with Crippen LogP contribution < -0.4 is 5.73 Å². The van der Waals surface area contributed by atoms with Gasteiger partial charge >= 0.3 is 0 Å². The first-order valence-electron chi connectivity index (χ1n) is 5.72. The van der Waals surface area contributed by atoms with Crippen LogP contribution in [0.4, 0.5) is 14.5 Å². The minimum Gasteiger partial charge on any atom is -0.399 e. The average molecular weight is 241 g/mol. The van der Waals surface area contributed by atoms with E-state index in [1.54, 1.807) is 6.07 Å². The van der Waals surface area contributed by atoms with Crippen LogP contribution >= 0.6 is 0 Å². The SMILES string of the molecule is C[C@@H]1C(CF)OC[C@@]1(C)c1cc(N)ccc1F. The van der Waals surface area contributed by atoms with E-state index in [0.29, 0.717) is 17.9 Å². The molecule has 1 aliphatic heterocycles. The molecule has 0 aliphatic carbocycles. The van der Waals surface area contributed by atoms with Gasteiger partial charge in [-0.25, -0.2) is 8.78 Å². The van der Waals surface area contributed by atoms with Gasteiger partial charge in [-0.3, -0.25) is 0 Å². The molecular formula is C13H17F2NO. The highest BCUT2D eigenvalue weighted by Crippen LogP contribution is 2.42. The number of nitrogen functional groups attached to an aromatic ring is 1. The molecule has 1 aromatic carbocycles. The number of nitrogens with two attached hydrogens (primary N) is 1. The summed E-state index contributed by atoms with van der Waals surface area (Å²) in [6, 6.07) is 4.50. The minimum absolute atomic E-state index is 0.0798. The minimum atomic E-state index is -0.541. The first kappa shape index (κ1) is 12.3. The number of benzene rings is 1. The molecule has 1 heterocycles. The number of anilines is 1. The highest BCUT2D eigenvalue weighted by Gasteiger charge is 2.46. The summed E-state index contributed by atoms with van der Waals surface area (Å²) in [6.45, 7) is 3.56. The molecule has 2 N–H and O–H groups in total. The molecule has 2 nitrogen and oxygen atoms in total. The van der Waals surface area contributed by atoms with E-state index in [0.717, 1.165) is 0 Å². The molecule has 1 aromatic rings. The maximum absolute atomic E-state index is 13.9. The van der Waals surface area contributed by atoms with Gasteiger partial charge in [-0.05, 0) is 29.7 Å². The number of ether oxygens (including phenoxy) is 1. The second-order valence-electron chi connectivity index (χ2n) is 4.95. The smallest absolute Gasteiger partial charge is 0.127 e. The van der Waals surface area contributed by atoms with Gasteiger partial charge < -0.3 is 10.5 Å². The molecule has 4 heteroatoms. The summed E-state index contributed by atoms with van der Waals surface area (Å²) in [6.07, 6.45) is -0.458. The van der Waals surface area contributed by atoms with Crippen molar-refractivity contribution >= 4 is 5.69 Å². The summed E-state index contributed by atoms with van der Waals surface area (Å²) in [7, 11) is 0. The Morgan fingerprint density at radius 3 is 2.82 bits per heavy atom. The Bertz CT molecular complexity index is 424. The molecule has 1 unspecified atom stereocenters. The van der Waals surface area contributed by atoms with Crippen LogP contribution in [0.5, 0.6) is 0 Å². The van der Waals surface area contributed by atoms with Gasteiger partial charge in [-0.2, -0.15) is 0 Å². The monoisotopic (exact) mass is 241 g/mol. The van der Waals surface area contributed by atoms with Crippen LogP contribution in [0, 0.1) is 11.7 Å². The van der Waals surface area contributed by atoms with E-state index in [1.807, 2.05) is 13.8 Å². The predicted octanol–water partition coefficient (Wildman–Crippen LogP) is 2.67. The largest absolute Gasteiger partial charge is 0.399 e. The Labute approximate surface area is 99.8 Å². The molecule has 1 aliphatic rings. The second-order valence-corrected chi connectivity index (χ2v) is 4.95. The number of halogens is 2. The number of rotatable bonds is 2. The molecule has 2 rings (SSSR count). The van der Waals surface area contributed by atoms with Gasteiger partial charge in [0.25, 0.3) is 0 Å². The maximum Gasteiger partial charge on any atom is 0.127 e. The topological polar surface area (TPSA) is 35.2 Å². The van der Waals surface area contributed by atoms with Crippen molar-refractivity contribution in [3.05, 3.63) is 29.6 Å². The van der Waals surface area contributed by atoms with E-state index in [4.69, 9.17) is 10.5 Å². The van der Waals surface area contributed by atoms with Crippen molar-refractivity contribution in [1.29, 1.82) is 0 Å². The summed E-state index contributed by atoms with van der Waals surface area (Å²) >= 11 is 0. The third kappa shape index (κ3) is 1.90. The van der Waals surface area contributed by atoms with Gasteiger partial charge in [-0.15, -0.1) is 0 Å². The van der Waals surface area contributed by atoms with E-state index in [-0.39, 0.29) is 11.7 Å². The van der Waals surface area contributed by atoms with Crippen molar-refractivity contribution in [2.75, 3.05) is 19.0 Å². The van der Waals surface area contributed by atoms with Crippen molar-refractivity contribution in [3.63, 3.8) is 0 Å². The molecule has 1 saturated heterocycles. The lowest BCUT2D eigenvalue weighted by atomic mass is 9.73. The highest BCUT2D eigenvalue weighted by molar-refractivity contribution is 5.44. The van der Waals surface area contributed by atoms with Crippen molar-refractivity contribution in [2.45, 2.75) is 25.4 Å². The molecule has 94 valence electrons. The van der Waals surface area contributed by atoms with Crippen LogP contribution in [-0.2, 0) is 10.2 Å². The van der Waals surface area contributed by atoms with Crippen LogP contribution in [0.15, 0.2) is 18.2 Å². The summed E-state index contributed by atoms with van der Waals surface area (Å²) in [5.41, 5.74) is 6.19. The van der Waals surface area contributed by atoms with Crippen molar-refractivity contribution < 1.29 is 13.5 Å².